The Morgan fingerprint density at radius 1 is 1.29 bits per heavy atom. The number of carbonyl (C=O) groups is 1. The first-order chi connectivity index (χ1) is 8.12. The second-order valence-electron chi connectivity index (χ2n) is 4.02. The van der Waals surface area contributed by atoms with Crippen molar-refractivity contribution in [3.05, 3.63) is 30.3 Å². The Morgan fingerprint density at radius 3 is 2.59 bits per heavy atom. The van der Waals surface area contributed by atoms with Crippen LogP contribution < -0.4 is 10.0 Å². The number of hydrogen-bond donors (Lipinski definition) is 2. The molecule has 0 aromatic heterocycles. The Hall–Kier alpha value is -1.24. The van der Waals surface area contributed by atoms with Crippen molar-refractivity contribution < 1.29 is 13.2 Å². The van der Waals surface area contributed by atoms with Gasteiger partial charge in [-0.1, -0.05) is 18.2 Å². The van der Waals surface area contributed by atoms with Crippen LogP contribution in [0.1, 0.15) is 6.42 Å². The SMILES string of the molecule is O=C[C@@H]1C[C@@H](NS(=O)(=O)c2ccccc2)CN1. The second-order valence-corrected chi connectivity index (χ2v) is 5.73. The molecule has 92 valence electrons. The maximum atomic E-state index is 12.0. The van der Waals surface area contributed by atoms with Crippen LogP contribution in [-0.2, 0) is 14.8 Å². The normalized spacial score (nSPS) is 24.7. The zero-order chi connectivity index (χ0) is 12.3. The van der Waals surface area contributed by atoms with Crippen LogP contribution in [0.5, 0.6) is 0 Å². The molecule has 1 aliphatic heterocycles. The van der Waals surface area contributed by atoms with Crippen LogP contribution in [-0.4, -0.2) is 33.3 Å². The summed E-state index contributed by atoms with van der Waals surface area (Å²) in [5.41, 5.74) is 0. The van der Waals surface area contributed by atoms with E-state index < -0.39 is 10.0 Å². The Bertz CT molecular complexity index is 487. The summed E-state index contributed by atoms with van der Waals surface area (Å²) in [6.07, 6.45) is 1.30. The van der Waals surface area contributed by atoms with Crippen LogP contribution in [0.25, 0.3) is 0 Å². The molecule has 1 aromatic carbocycles. The minimum atomic E-state index is -3.48. The maximum absolute atomic E-state index is 12.0. The van der Waals surface area contributed by atoms with Gasteiger partial charge in [-0.2, -0.15) is 0 Å². The van der Waals surface area contributed by atoms with Gasteiger partial charge in [0, 0.05) is 12.6 Å². The Balaban J connectivity index is 2.06. The van der Waals surface area contributed by atoms with Crippen molar-refractivity contribution in [2.24, 2.45) is 0 Å². The number of benzene rings is 1. The molecule has 0 radical (unpaired) electrons. The molecule has 1 aromatic rings. The summed E-state index contributed by atoms with van der Waals surface area (Å²) >= 11 is 0. The maximum Gasteiger partial charge on any atom is 0.240 e. The number of hydrogen-bond acceptors (Lipinski definition) is 4. The summed E-state index contributed by atoms with van der Waals surface area (Å²) in [6, 6.07) is 7.72. The first kappa shape index (κ1) is 12.2. The topological polar surface area (TPSA) is 75.3 Å². The fourth-order valence-electron chi connectivity index (χ4n) is 1.85. The third-order valence-corrected chi connectivity index (χ3v) is 4.24. The first-order valence-electron chi connectivity index (χ1n) is 5.38. The lowest BCUT2D eigenvalue weighted by atomic mass is 10.2. The number of nitrogens with one attached hydrogen (secondary N) is 2. The summed E-state index contributed by atoms with van der Waals surface area (Å²) in [6.45, 7) is 0.482. The van der Waals surface area contributed by atoms with Gasteiger partial charge in [0.05, 0.1) is 10.9 Å². The molecule has 0 amide bonds. The second kappa shape index (κ2) is 4.95. The van der Waals surface area contributed by atoms with Crippen LogP contribution in [0.3, 0.4) is 0 Å². The summed E-state index contributed by atoms with van der Waals surface area (Å²) in [7, 11) is -3.48. The minimum Gasteiger partial charge on any atom is -0.306 e. The fraction of sp³-hybridized carbons (Fsp3) is 0.364. The quantitative estimate of drug-likeness (QED) is 0.735. The molecule has 1 heterocycles. The molecule has 2 rings (SSSR count). The van der Waals surface area contributed by atoms with Crippen molar-refractivity contribution in [2.45, 2.75) is 23.4 Å². The van der Waals surface area contributed by atoms with Gasteiger partial charge in [0.2, 0.25) is 10.0 Å². The van der Waals surface area contributed by atoms with Crippen molar-refractivity contribution in [3.63, 3.8) is 0 Å². The van der Waals surface area contributed by atoms with Gasteiger partial charge >= 0.3 is 0 Å². The first-order valence-corrected chi connectivity index (χ1v) is 6.86. The number of rotatable bonds is 4. The number of aldehydes is 1. The predicted molar refractivity (Wildman–Crippen MR) is 63.0 cm³/mol. The molecular weight excluding hydrogens is 240 g/mol. The lowest BCUT2D eigenvalue weighted by molar-refractivity contribution is -0.109. The van der Waals surface area contributed by atoms with Crippen LogP contribution in [0.2, 0.25) is 0 Å². The van der Waals surface area contributed by atoms with E-state index in [1.165, 1.54) is 0 Å². The van der Waals surface area contributed by atoms with Gasteiger partial charge in [-0.3, -0.25) is 0 Å². The van der Waals surface area contributed by atoms with Crippen molar-refractivity contribution in [1.82, 2.24) is 10.0 Å². The highest BCUT2D eigenvalue weighted by Gasteiger charge is 2.27. The predicted octanol–water partition coefficient (Wildman–Crippen LogP) is -0.106. The molecule has 17 heavy (non-hydrogen) atoms. The van der Waals surface area contributed by atoms with E-state index in [2.05, 4.69) is 10.0 Å². The molecule has 2 atom stereocenters. The van der Waals surface area contributed by atoms with E-state index in [-0.39, 0.29) is 17.0 Å². The molecule has 1 fully saturated rings. The van der Waals surface area contributed by atoms with Gasteiger partial charge in [0.15, 0.2) is 0 Å². The van der Waals surface area contributed by atoms with Gasteiger partial charge in [-0.25, -0.2) is 13.1 Å². The Kier molecular flexibility index (Phi) is 3.56. The lowest BCUT2D eigenvalue weighted by Crippen LogP contribution is -2.36. The molecule has 0 unspecified atom stereocenters. The highest BCUT2D eigenvalue weighted by Crippen LogP contribution is 2.11. The standard InChI is InChI=1S/C11H14N2O3S/c14-8-10-6-9(7-12-10)13-17(15,16)11-4-2-1-3-5-11/h1-5,8-10,12-13H,6-7H2/t9-,10+/m1/s1. The van der Waals surface area contributed by atoms with Gasteiger partial charge in [-0.15, -0.1) is 0 Å². The molecule has 0 saturated carbocycles. The van der Waals surface area contributed by atoms with Crippen molar-refractivity contribution in [1.29, 1.82) is 0 Å². The molecule has 5 nitrogen and oxygen atoms in total. The van der Waals surface area contributed by atoms with Crippen molar-refractivity contribution in [3.8, 4) is 0 Å². The van der Waals surface area contributed by atoms with E-state index >= 15 is 0 Å². The number of sulfonamides is 1. The summed E-state index contributed by atoms with van der Waals surface area (Å²) in [4.78, 5) is 10.8. The van der Waals surface area contributed by atoms with E-state index in [9.17, 15) is 13.2 Å². The third kappa shape index (κ3) is 2.91. The fourth-order valence-corrected chi connectivity index (χ4v) is 3.12. The summed E-state index contributed by atoms with van der Waals surface area (Å²) in [5, 5.41) is 2.94. The lowest BCUT2D eigenvalue weighted by Gasteiger charge is -2.11. The van der Waals surface area contributed by atoms with Crippen LogP contribution in [0.4, 0.5) is 0 Å². The molecule has 0 bridgehead atoms. The van der Waals surface area contributed by atoms with Crippen LogP contribution >= 0.6 is 0 Å². The van der Waals surface area contributed by atoms with E-state index in [4.69, 9.17) is 0 Å². The third-order valence-electron chi connectivity index (χ3n) is 2.70. The largest absolute Gasteiger partial charge is 0.306 e. The highest BCUT2D eigenvalue weighted by atomic mass is 32.2. The van der Waals surface area contributed by atoms with E-state index in [0.29, 0.717) is 13.0 Å². The van der Waals surface area contributed by atoms with Gasteiger partial charge < -0.3 is 10.1 Å². The van der Waals surface area contributed by atoms with Gasteiger partial charge in [-0.05, 0) is 18.6 Å². The summed E-state index contributed by atoms with van der Waals surface area (Å²) in [5.74, 6) is 0. The van der Waals surface area contributed by atoms with Crippen LogP contribution in [0.15, 0.2) is 35.2 Å². The molecule has 6 heteroatoms. The van der Waals surface area contributed by atoms with Crippen molar-refractivity contribution in [2.75, 3.05) is 6.54 Å². The monoisotopic (exact) mass is 254 g/mol. The van der Waals surface area contributed by atoms with E-state index in [1.807, 2.05) is 0 Å². The Morgan fingerprint density at radius 2 is 2.00 bits per heavy atom. The molecule has 0 aliphatic carbocycles. The average Bonchev–Trinajstić information content (AvgIpc) is 2.77. The molecule has 1 aliphatic rings. The average molecular weight is 254 g/mol. The van der Waals surface area contributed by atoms with E-state index in [0.717, 1.165) is 6.29 Å². The highest BCUT2D eigenvalue weighted by molar-refractivity contribution is 7.89. The smallest absolute Gasteiger partial charge is 0.240 e. The molecule has 1 saturated heterocycles. The zero-order valence-electron chi connectivity index (χ0n) is 9.17. The summed E-state index contributed by atoms with van der Waals surface area (Å²) < 4.78 is 26.5. The van der Waals surface area contributed by atoms with E-state index in [1.54, 1.807) is 30.3 Å². The van der Waals surface area contributed by atoms with Crippen LogP contribution in [0, 0.1) is 0 Å². The Labute approximate surface area is 100 Å². The van der Waals surface area contributed by atoms with Crippen molar-refractivity contribution >= 4 is 16.3 Å². The zero-order valence-corrected chi connectivity index (χ0v) is 9.98. The molecule has 2 N–H and O–H groups in total. The van der Waals surface area contributed by atoms with Gasteiger partial charge in [0.1, 0.15) is 6.29 Å². The van der Waals surface area contributed by atoms with Gasteiger partial charge in [0.25, 0.3) is 0 Å². The molecular formula is C11H14N2O3S. The number of carbonyl (C=O) groups excluding carboxylic acids is 1. The minimum absolute atomic E-state index is 0.226. The molecule has 0 spiro atoms.